The molecular weight excluding hydrogens is 192 g/mol. The van der Waals surface area contributed by atoms with Crippen LogP contribution in [0.1, 0.15) is 12.8 Å². The van der Waals surface area contributed by atoms with Gasteiger partial charge in [0, 0.05) is 0 Å². The number of rotatable bonds is 3. The Morgan fingerprint density at radius 2 is 2.25 bits per heavy atom. The van der Waals surface area contributed by atoms with E-state index >= 15 is 0 Å². The fourth-order valence-electron chi connectivity index (χ4n) is 1.45. The van der Waals surface area contributed by atoms with Crippen molar-refractivity contribution in [2.45, 2.75) is 18.9 Å². The van der Waals surface area contributed by atoms with E-state index in [0.29, 0.717) is 5.92 Å². The number of hydrogen-bond donors (Lipinski definition) is 0. The van der Waals surface area contributed by atoms with Crippen molar-refractivity contribution in [3.05, 3.63) is 12.2 Å². The molecule has 0 saturated carbocycles. The Kier molecular flexibility index (Phi) is 4.17. The van der Waals surface area contributed by atoms with E-state index in [1.54, 1.807) is 14.2 Å². The Morgan fingerprint density at radius 3 is 2.83 bits per heavy atom. The first-order chi connectivity index (χ1) is 5.79. The van der Waals surface area contributed by atoms with Crippen molar-refractivity contribution >= 4 is 4.57 Å². The summed E-state index contributed by atoms with van der Waals surface area (Å²) in [6.07, 6.45) is 6.65. The maximum atomic E-state index is 5.32. The average Bonchev–Trinajstić information content (AvgIpc) is 2.16. The van der Waals surface area contributed by atoms with Gasteiger partial charge in [-0.3, -0.25) is 0 Å². The summed E-state index contributed by atoms with van der Waals surface area (Å²) in [5.41, 5.74) is 0. The van der Waals surface area contributed by atoms with Gasteiger partial charge in [-0.1, -0.05) is 0 Å². The third-order valence-corrected chi connectivity index (χ3v) is 2.88. The summed E-state index contributed by atoms with van der Waals surface area (Å²) < 4.78 is 11.4. The molecule has 0 fully saturated rings. The van der Waals surface area contributed by atoms with Gasteiger partial charge in [-0.05, 0) is 0 Å². The van der Waals surface area contributed by atoms with Gasteiger partial charge in [-0.2, -0.15) is 0 Å². The zero-order valence-electron chi connectivity index (χ0n) is 7.45. The molecule has 1 rings (SSSR count). The number of ether oxygens (including phenoxy) is 2. The molecule has 0 heterocycles. The van der Waals surface area contributed by atoms with Crippen LogP contribution in [0.3, 0.4) is 0 Å². The first-order valence-corrected chi connectivity index (χ1v) is 4.70. The fourth-order valence-corrected chi connectivity index (χ4v) is 1.84. The van der Waals surface area contributed by atoms with Crippen LogP contribution in [0.2, 0.25) is 0 Å². The molecule has 0 aromatic rings. The van der Waals surface area contributed by atoms with Gasteiger partial charge < -0.3 is 0 Å². The van der Waals surface area contributed by atoms with E-state index in [1.807, 2.05) is 0 Å². The van der Waals surface area contributed by atoms with E-state index in [1.165, 1.54) is 0 Å². The monoisotopic (exact) mass is 206 g/mol. The van der Waals surface area contributed by atoms with E-state index in [4.69, 9.17) is 9.47 Å². The van der Waals surface area contributed by atoms with Crippen LogP contribution in [0.4, 0.5) is 0 Å². The first kappa shape index (κ1) is 10.1. The van der Waals surface area contributed by atoms with Crippen LogP contribution >= 0.6 is 0 Å². The Morgan fingerprint density at radius 1 is 1.50 bits per heavy atom. The van der Waals surface area contributed by atoms with Crippen LogP contribution in [0.5, 0.6) is 0 Å². The fraction of sp³-hybridized carbons (Fsp3) is 0.667. The molecule has 2 atom stereocenters. The van der Waals surface area contributed by atoms with Crippen molar-refractivity contribution in [1.82, 2.24) is 0 Å². The zero-order chi connectivity index (χ0) is 8.97. The Bertz CT molecular complexity index is 189. The van der Waals surface area contributed by atoms with Crippen molar-refractivity contribution in [3.63, 3.8) is 0 Å². The molecule has 2 nitrogen and oxygen atoms in total. The van der Waals surface area contributed by atoms with Gasteiger partial charge in [0.25, 0.3) is 0 Å². The molecule has 0 amide bonds. The summed E-state index contributed by atoms with van der Waals surface area (Å²) >= 11 is 2.94. The second kappa shape index (κ2) is 4.94. The van der Waals surface area contributed by atoms with E-state index in [-0.39, 0.29) is 6.10 Å². The minimum atomic E-state index is 0.176. The summed E-state index contributed by atoms with van der Waals surface area (Å²) in [6, 6.07) is 0. The molecule has 0 aromatic carbocycles. The van der Waals surface area contributed by atoms with Gasteiger partial charge in [0.2, 0.25) is 0 Å². The van der Waals surface area contributed by atoms with Crippen LogP contribution in [0, 0.1) is 5.92 Å². The van der Waals surface area contributed by atoms with Crippen molar-refractivity contribution < 1.29 is 25.3 Å². The van der Waals surface area contributed by atoms with Crippen LogP contribution in [0.15, 0.2) is 12.2 Å². The molecule has 0 unspecified atom stereocenters. The molecular formula is C9H14CrO2. The Labute approximate surface area is 81.5 Å². The second-order valence-corrected chi connectivity index (χ2v) is 3.46. The van der Waals surface area contributed by atoms with E-state index < -0.39 is 0 Å². The second-order valence-electron chi connectivity index (χ2n) is 2.84. The molecule has 3 heteroatoms. The quantitative estimate of drug-likeness (QED) is 0.648. The molecule has 0 radical (unpaired) electrons. The van der Waals surface area contributed by atoms with Crippen LogP contribution < -0.4 is 0 Å². The van der Waals surface area contributed by atoms with Crippen molar-refractivity contribution in [1.29, 1.82) is 0 Å². The summed E-state index contributed by atoms with van der Waals surface area (Å²) in [7, 11) is 3.42. The maximum absolute atomic E-state index is 5.32. The van der Waals surface area contributed by atoms with E-state index in [0.717, 1.165) is 17.4 Å². The van der Waals surface area contributed by atoms with Gasteiger partial charge in [0.05, 0.1) is 0 Å². The number of hydrogen-bond acceptors (Lipinski definition) is 2. The summed E-state index contributed by atoms with van der Waals surface area (Å²) in [6.45, 7) is 0. The van der Waals surface area contributed by atoms with Crippen LogP contribution in [-0.2, 0) is 25.3 Å². The summed E-state index contributed by atoms with van der Waals surface area (Å²) in [5.74, 6) is 0.380. The predicted octanol–water partition coefficient (Wildman–Crippen LogP) is 1.29. The van der Waals surface area contributed by atoms with Gasteiger partial charge in [0.1, 0.15) is 0 Å². The molecule has 0 spiro atoms. The topological polar surface area (TPSA) is 18.5 Å². The van der Waals surface area contributed by atoms with Crippen LogP contribution in [-0.4, -0.2) is 24.9 Å². The normalized spacial score (nSPS) is 28.8. The molecule has 12 heavy (non-hydrogen) atoms. The number of methoxy groups -OCH3 is 2. The average molecular weight is 206 g/mol. The minimum absolute atomic E-state index is 0.176. The third-order valence-electron chi connectivity index (χ3n) is 2.14. The van der Waals surface area contributed by atoms with Crippen LogP contribution in [0.25, 0.3) is 0 Å². The van der Waals surface area contributed by atoms with E-state index in [9.17, 15) is 0 Å². The molecule has 0 N–H and O–H groups in total. The molecule has 1 aliphatic rings. The summed E-state index contributed by atoms with van der Waals surface area (Å²) in [5, 5.41) is 0. The standard InChI is InChI=1S/C9H14O2.Cr/c1-10-7-8-5-3-4-6-9(8)11-2;/h4,6,8-9H,3,5H2,1-2H3;/t8-,9+;/m0./s1. The molecule has 68 valence electrons. The molecule has 0 bridgehead atoms. The third kappa shape index (κ3) is 2.27. The van der Waals surface area contributed by atoms with Crippen molar-refractivity contribution in [2.75, 3.05) is 14.2 Å². The molecule has 0 aliphatic heterocycles. The van der Waals surface area contributed by atoms with Gasteiger partial charge in [-0.15, -0.1) is 0 Å². The predicted molar refractivity (Wildman–Crippen MR) is 44.7 cm³/mol. The van der Waals surface area contributed by atoms with Crippen molar-refractivity contribution in [2.24, 2.45) is 5.92 Å². The zero-order valence-corrected chi connectivity index (χ0v) is 8.72. The van der Waals surface area contributed by atoms with Crippen molar-refractivity contribution in [3.8, 4) is 0 Å². The Hall–Kier alpha value is 0.0625. The van der Waals surface area contributed by atoms with E-state index in [2.05, 4.69) is 28.0 Å². The SMILES string of the molecule is CO[C](=[Cr])[C@@H]1CCC=C[C@H]1OC. The van der Waals surface area contributed by atoms with Gasteiger partial charge >= 0.3 is 81.1 Å². The Balaban J connectivity index is 2.62. The molecule has 0 saturated heterocycles. The summed E-state index contributed by atoms with van der Waals surface area (Å²) in [4.78, 5) is 0. The van der Waals surface area contributed by atoms with Gasteiger partial charge in [0.15, 0.2) is 0 Å². The first-order valence-electron chi connectivity index (χ1n) is 4.07. The van der Waals surface area contributed by atoms with Gasteiger partial charge in [-0.25, -0.2) is 0 Å². The molecule has 1 aliphatic carbocycles. The number of allylic oxidation sites excluding steroid dienone is 1. The molecule has 0 aromatic heterocycles.